The van der Waals surface area contributed by atoms with Crippen LogP contribution in [-0.2, 0) is 85.6 Å². The highest BCUT2D eigenvalue weighted by Gasteiger charge is 2.69. The molecule has 6 aliphatic heterocycles. The smallest absolute Gasteiger partial charge is 0.330 e. The fraction of sp³-hybridized carbons (Fsp3) is 0.500. The van der Waals surface area contributed by atoms with Gasteiger partial charge in [-0.2, -0.15) is 0 Å². The zero-order valence-corrected chi connectivity index (χ0v) is 28.7. The van der Waals surface area contributed by atoms with Gasteiger partial charge in [0.15, 0.2) is 36.6 Å². The molecule has 6 rings (SSSR count). The van der Waals surface area contributed by atoms with Crippen LogP contribution >= 0.6 is 0 Å². The van der Waals surface area contributed by atoms with E-state index < -0.39 is 133 Å². The highest BCUT2D eigenvalue weighted by molar-refractivity contribution is 5.83. The Morgan fingerprint density at radius 2 is 0.574 bits per heavy atom. The summed E-state index contributed by atoms with van der Waals surface area (Å²) >= 11 is 0. The lowest BCUT2D eigenvalue weighted by Gasteiger charge is -2.34. The molecule has 18 nitrogen and oxygen atoms in total. The average molecular weight is 759 g/mol. The van der Waals surface area contributed by atoms with Crippen LogP contribution in [0.3, 0.4) is 0 Å². The van der Waals surface area contributed by atoms with Gasteiger partial charge in [0.05, 0.1) is 13.2 Å². The lowest BCUT2D eigenvalue weighted by Crippen LogP contribution is -2.52. The van der Waals surface area contributed by atoms with Gasteiger partial charge in [-0.25, -0.2) is 28.8 Å². The summed E-state index contributed by atoms with van der Waals surface area (Å²) < 4.78 is 71.0. The molecule has 54 heavy (non-hydrogen) atoms. The molecule has 0 bridgehead atoms. The Hall–Kier alpha value is -4.98. The molecule has 0 amide bonds. The SMILES string of the molecule is C=CC(=O)O[C@@H]1C(C2O[C@H]3[C@H](OC(C4O[C@H]5[C@H](OC[C@H]5OC(=O)C=C)[C@H]4OC(=O)C=C)[C@@H]3OC(=O)C=C)[C@H]2OC(=O)C=C)O[C@H]2[C@@H]1OC[C@H]2OC(=O)C=C. The molecule has 290 valence electrons. The number of ether oxygens (including phenoxy) is 12. The number of carbonyl (C=O) groups is 6. The predicted molar refractivity (Wildman–Crippen MR) is 175 cm³/mol. The van der Waals surface area contributed by atoms with Gasteiger partial charge in [-0.05, 0) is 0 Å². The molecule has 18 heteroatoms. The van der Waals surface area contributed by atoms with Gasteiger partial charge < -0.3 is 56.8 Å². The van der Waals surface area contributed by atoms with Gasteiger partial charge in [-0.3, -0.25) is 0 Å². The summed E-state index contributed by atoms with van der Waals surface area (Å²) in [5, 5.41) is 0. The number of rotatable bonds is 14. The molecule has 0 saturated carbocycles. The molecule has 6 heterocycles. The number of hydrogen-bond acceptors (Lipinski definition) is 18. The van der Waals surface area contributed by atoms with Crippen molar-refractivity contribution in [3.05, 3.63) is 75.9 Å². The predicted octanol–water partition coefficient (Wildman–Crippen LogP) is -0.560. The molecule has 0 N–H and O–H groups in total. The molecule has 0 aromatic heterocycles. The molecule has 0 aromatic carbocycles. The van der Waals surface area contributed by atoms with E-state index in [2.05, 4.69) is 39.5 Å². The van der Waals surface area contributed by atoms with Gasteiger partial charge in [0.25, 0.3) is 0 Å². The highest BCUT2D eigenvalue weighted by Crippen LogP contribution is 2.48. The molecule has 0 spiro atoms. The zero-order chi connectivity index (χ0) is 38.8. The largest absolute Gasteiger partial charge is 0.454 e. The number of hydrogen-bond donors (Lipinski definition) is 0. The lowest BCUT2D eigenvalue weighted by atomic mass is 9.96. The standard InChI is InChI=1S/C36H38O18/c1-7-17(37)45-15-13-43-25-23(15)51-31(27(25)47-19(39)9-3)33-29(49-21(41)11-5)35-36(53-33)30(50-22(42)12-6)34(54-35)32-28(48-20(40)10-4)26-24(52-32)16(14-44-26)46-18(38)8-2/h7-12,15-16,23-36H,1-6,13-14H2/t15-,16-,23-,24-,25+,26+,27-,28+,29+,30+,31?,32?,33?,34?,35-,36-/m1/s1. The van der Waals surface area contributed by atoms with Gasteiger partial charge in [0.2, 0.25) is 0 Å². The monoisotopic (exact) mass is 758 g/mol. The van der Waals surface area contributed by atoms with E-state index >= 15 is 0 Å². The summed E-state index contributed by atoms with van der Waals surface area (Å²) in [5.41, 5.74) is 0. The maximum absolute atomic E-state index is 12.8. The second-order valence-electron chi connectivity index (χ2n) is 12.6. The van der Waals surface area contributed by atoms with Gasteiger partial charge >= 0.3 is 35.8 Å². The summed E-state index contributed by atoms with van der Waals surface area (Å²) in [6, 6.07) is 0. The summed E-state index contributed by atoms with van der Waals surface area (Å²) in [6.07, 6.45) is -13.0. The van der Waals surface area contributed by atoms with Crippen molar-refractivity contribution in [2.24, 2.45) is 0 Å². The van der Waals surface area contributed by atoms with Crippen molar-refractivity contribution in [2.75, 3.05) is 13.2 Å². The Balaban J connectivity index is 1.34. The Bertz CT molecular complexity index is 1490. The molecule has 6 aliphatic rings. The van der Waals surface area contributed by atoms with Crippen LogP contribution in [0, 0.1) is 0 Å². The van der Waals surface area contributed by atoms with E-state index in [0.29, 0.717) is 0 Å². The first-order valence-corrected chi connectivity index (χ1v) is 16.8. The maximum Gasteiger partial charge on any atom is 0.330 e. The van der Waals surface area contributed by atoms with Crippen LogP contribution in [0.1, 0.15) is 0 Å². The van der Waals surface area contributed by atoms with E-state index in [1.165, 1.54) is 0 Å². The topological polar surface area (TPSA) is 213 Å². The maximum atomic E-state index is 12.8. The molecular weight excluding hydrogens is 720 g/mol. The average Bonchev–Trinajstić information content (AvgIpc) is 4.02. The molecule has 0 radical (unpaired) electrons. The van der Waals surface area contributed by atoms with Gasteiger partial charge in [0, 0.05) is 36.5 Å². The van der Waals surface area contributed by atoms with Crippen LogP contribution in [-0.4, -0.2) is 147 Å². The van der Waals surface area contributed by atoms with E-state index in [4.69, 9.17) is 56.8 Å². The first kappa shape index (κ1) is 38.7. The molecule has 0 aromatic rings. The molecule has 6 saturated heterocycles. The third kappa shape index (κ3) is 7.27. The second-order valence-corrected chi connectivity index (χ2v) is 12.6. The zero-order valence-electron chi connectivity index (χ0n) is 28.7. The van der Waals surface area contributed by atoms with E-state index in [1.54, 1.807) is 0 Å². The van der Waals surface area contributed by atoms with Crippen molar-refractivity contribution in [1.29, 1.82) is 0 Å². The fourth-order valence-corrected chi connectivity index (χ4v) is 7.49. The second kappa shape index (κ2) is 16.2. The molecule has 0 aliphatic carbocycles. The van der Waals surface area contributed by atoms with Crippen LogP contribution in [0.5, 0.6) is 0 Å². The quantitative estimate of drug-likeness (QED) is 0.123. The summed E-state index contributed by atoms with van der Waals surface area (Å²) in [5.74, 6) is -5.01. The fourth-order valence-electron chi connectivity index (χ4n) is 7.49. The van der Waals surface area contributed by atoms with Gasteiger partial charge in [0.1, 0.15) is 61.0 Å². The minimum absolute atomic E-state index is 0.0991. The van der Waals surface area contributed by atoms with Crippen LogP contribution in [0.4, 0.5) is 0 Å². The van der Waals surface area contributed by atoms with Crippen LogP contribution in [0.25, 0.3) is 0 Å². The number of carbonyl (C=O) groups excluding carboxylic acids is 6. The third-order valence-corrected chi connectivity index (χ3v) is 9.65. The van der Waals surface area contributed by atoms with Crippen molar-refractivity contribution < 1.29 is 85.6 Å². The Morgan fingerprint density at radius 1 is 0.352 bits per heavy atom. The van der Waals surface area contributed by atoms with E-state index in [9.17, 15) is 28.8 Å². The van der Waals surface area contributed by atoms with E-state index in [0.717, 1.165) is 36.5 Å². The van der Waals surface area contributed by atoms with E-state index in [-0.39, 0.29) is 13.2 Å². The number of fused-ring (bicyclic) bond motifs is 3. The van der Waals surface area contributed by atoms with Gasteiger partial charge in [-0.1, -0.05) is 39.5 Å². The first-order chi connectivity index (χ1) is 26.0. The lowest BCUT2D eigenvalue weighted by molar-refractivity contribution is -0.198. The highest BCUT2D eigenvalue weighted by atomic mass is 16.7. The summed E-state index contributed by atoms with van der Waals surface area (Å²) in [7, 11) is 0. The Morgan fingerprint density at radius 3 is 0.833 bits per heavy atom. The van der Waals surface area contributed by atoms with Crippen LogP contribution in [0.15, 0.2) is 75.9 Å². The van der Waals surface area contributed by atoms with Crippen molar-refractivity contribution in [3.8, 4) is 0 Å². The van der Waals surface area contributed by atoms with Crippen LogP contribution < -0.4 is 0 Å². The normalized spacial score (nSPS) is 39.8. The van der Waals surface area contributed by atoms with Crippen molar-refractivity contribution in [3.63, 3.8) is 0 Å². The summed E-state index contributed by atoms with van der Waals surface area (Å²) in [4.78, 5) is 74.9. The van der Waals surface area contributed by atoms with Crippen molar-refractivity contribution >= 4 is 35.8 Å². The van der Waals surface area contributed by atoms with Crippen molar-refractivity contribution in [2.45, 2.75) is 97.7 Å². The minimum atomic E-state index is -1.37. The first-order valence-electron chi connectivity index (χ1n) is 16.8. The van der Waals surface area contributed by atoms with Gasteiger partial charge in [-0.15, -0.1) is 0 Å². The molecule has 6 fully saturated rings. The van der Waals surface area contributed by atoms with Crippen molar-refractivity contribution in [1.82, 2.24) is 0 Å². The molecule has 4 unspecified atom stereocenters. The summed E-state index contributed by atoms with van der Waals surface area (Å²) in [6.45, 7) is 20.4. The Kier molecular flexibility index (Phi) is 11.6. The van der Waals surface area contributed by atoms with E-state index in [1.807, 2.05) is 0 Å². The minimum Gasteiger partial charge on any atom is -0.454 e. The third-order valence-electron chi connectivity index (χ3n) is 9.65. The van der Waals surface area contributed by atoms with Crippen LogP contribution in [0.2, 0.25) is 0 Å². The molecule has 16 atom stereocenters. The number of esters is 6. The Labute approximate surface area is 308 Å². The molecular formula is C36H38O18.